The number of phenolic OH excluding ortho intramolecular Hbond substituents is 1. The molecule has 1 aliphatic heterocycles. The van der Waals surface area contributed by atoms with Crippen LogP contribution >= 0.6 is 0 Å². The summed E-state index contributed by atoms with van der Waals surface area (Å²) in [4.78, 5) is 52.5. The maximum absolute atomic E-state index is 14.2. The number of nitrogens with one attached hydrogen (secondary N) is 1. The minimum absolute atomic E-state index is 0.0762. The number of rotatable bonds is 8. The first kappa shape index (κ1) is 28.5. The summed E-state index contributed by atoms with van der Waals surface area (Å²) in [5, 5.41) is 34.7. The van der Waals surface area contributed by atoms with E-state index in [2.05, 4.69) is 5.32 Å². The molecule has 2 bridgehead atoms. The SMILES string of the molecule is C/C(=C\C=C/[C@@H](C)/C=C(\C)C(=O)C1[C@@H]2[C@@H](CC(C)C)C(=O)N[C@@]23C[C@]1(O)c1cc(O)c(C)cc1C3=O)C(=O)O. The molecule has 8 nitrogen and oxygen atoms in total. The minimum Gasteiger partial charge on any atom is -0.508 e. The van der Waals surface area contributed by atoms with Gasteiger partial charge in [-0.15, -0.1) is 0 Å². The monoisotopic (exact) mass is 535 g/mol. The number of carbonyl (C=O) groups is 4. The number of Topliss-reactive ketones (excluding diaryl/α,β-unsaturated/α-hetero) is 2. The van der Waals surface area contributed by atoms with Crippen molar-refractivity contribution in [1.82, 2.24) is 5.32 Å². The third-order valence-corrected chi connectivity index (χ3v) is 8.57. The predicted molar refractivity (Wildman–Crippen MR) is 145 cm³/mol. The predicted octanol–water partition coefficient (Wildman–Crippen LogP) is 3.99. The van der Waals surface area contributed by atoms with Crippen LogP contribution in [0.3, 0.4) is 0 Å². The highest BCUT2D eigenvalue weighted by Crippen LogP contribution is 2.63. The smallest absolute Gasteiger partial charge is 0.331 e. The molecule has 1 saturated heterocycles. The maximum atomic E-state index is 14.2. The normalized spacial score (nSPS) is 30.9. The lowest BCUT2D eigenvalue weighted by molar-refractivity contribution is -0.134. The summed E-state index contributed by atoms with van der Waals surface area (Å²) < 4.78 is 0. The van der Waals surface area contributed by atoms with E-state index in [0.717, 1.165) is 0 Å². The second-order valence-corrected chi connectivity index (χ2v) is 11.9. The molecule has 6 atom stereocenters. The number of ketones is 2. The van der Waals surface area contributed by atoms with Gasteiger partial charge in [0.2, 0.25) is 5.91 Å². The number of carbonyl (C=O) groups excluding carboxylic acids is 3. The highest BCUT2D eigenvalue weighted by Gasteiger charge is 2.75. The summed E-state index contributed by atoms with van der Waals surface area (Å²) >= 11 is 0. The van der Waals surface area contributed by atoms with Gasteiger partial charge in [-0.2, -0.15) is 0 Å². The average Bonchev–Trinajstić information content (AvgIpc) is 3.23. The molecule has 4 rings (SSSR count). The topological polar surface area (TPSA) is 141 Å². The van der Waals surface area contributed by atoms with Crippen LogP contribution in [0, 0.1) is 36.5 Å². The van der Waals surface area contributed by atoms with Gasteiger partial charge in [0, 0.05) is 29.4 Å². The van der Waals surface area contributed by atoms with Gasteiger partial charge in [0.05, 0.1) is 5.92 Å². The quantitative estimate of drug-likeness (QED) is 0.291. The Balaban J connectivity index is 1.81. The zero-order valence-electron chi connectivity index (χ0n) is 23.2. The Morgan fingerprint density at radius 3 is 2.44 bits per heavy atom. The number of hydrogen-bond acceptors (Lipinski definition) is 6. The van der Waals surface area contributed by atoms with Gasteiger partial charge >= 0.3 is 5.97 Å². The number of aliphatic carboxylic acids is 1. The molecule has 3 aliphatic rings. The number of phenols is 1. The van der Waals surface area contributed by atoms with Crippen molar-refractivity contribution >= 4 is 23.4 Å². The van der Waals surface area contributed by atoms with E-state index in [1.165, 1.54) is 25.1 Å². The van der Waals surface area contributed by atoms with Crippen molar-refractivity contribution < 1.29 is 34.5 Å². The molecule has 0 radical (unpaired) electrons. The Hall–Kier alpha value is -3.52. The molecule has 1 unspecified atom stereocenters. The Morgan fingerprint density at radius 1 is 1.15 bits per heavy atom. The van der Waals surface area contributed by atoms with Crippen molar-refractivity contribution in [2.45, 2.75) is 65.5 Å². The molecular weight excluding hydrogens is 498 g/mol. The first-order chi connectivity index (χ1) is 18.1. The third-order valence-electron chi connectivity index (χ3n) is 8.57. The van der Waals surface area contributed by atoms with Crippen molar-refractivity contribution in [2.75, 3.05) is 0 Å². The maximum Gasteiger partial charge on any atom is 0.331 e. The van der Waals surface area contributed by atoms with Gasteiger partial charge in [-0.3, -0.25) is 14.4 Å². The summed E-state index contributed by atoms with van der Waals surface area (Å²) in [5.41, 5.74) is -1.68. The van der Waals surface area contributed by atoms with Gasteiger partial charge in [0.15, 0.2) is 11.6 Å². The number of aromatic hydroxyl groups is 1. The molecular formula is C31H37NO7. The standard InChI is InChI=1S/C31H37NO7/c1-15(2)10-21-24-25(26(34)19(6)11-16(3)8-7-9-17(4)29(37)38)31(39)14-30(24,32-28(21)36)27(35)20-12-18(5)23(33)13-22(20)31/h7-9,11-13,15-16,21,24-25,33,39H,10,14H2,1-6H3,(H,32,36)(H,37,38)/b8-7-,17-9+,19-11+/t16-,21-,24+,25?,30+,31+/m1/s1. The Kier molecular flexibility index (Phi) is 7.23. The van der Waals surface area contributed by atoms with Gasteiger partial charge < -0.3 is 20.6 Å². The number of amides is 1. The second kappa shape index (κ2) is 9.90. The van der Waals surface area contributed by atoms with Gasteiger partial charge in [0.25, 0.3) is 0 Å². The molecule has 1 saturated carbocycles. The van der Waals surface area contributed by atoms with E-state index in [1.807, 2.05) is 20.8 Å². The summed E-state index contributed by atoms with van der Waals surface area (Å²) in [6.07, 6.45) is 6.92. The first-order valence-corrected chi connectivity index (χ1v) is 13.4. The van der Waals surface area contributed by atoms with Gasteiger partial charge in [0.1, 0.15) is 16.9 Å². The first-order valence-electron chi connectivity index (χ1n) is 13.4. The summed E-state index contributed by atoms with van der Waals surface area (Å²) in [6.45, 7) is 10.6. The number of allylic oxidation sites excluding steroid dienone is 5. The van der Waals surface area contributed by atoms with Crippen LogP contribution in [-0.4, -0.2) is 44.3 Å². The van der Waals surface area contributed by atoms with Crippen LogP contribution in [0.15, 0.2) is 47.6 Å². The lowest BCUT2D eigenvalue weighted by atomic mass is 9.71. The fraction of sp³-hybridized carbons (Fsp3) is 0.484. The van der Waals surface area contributed by atoms with Crippen molar-refractivity contribution in [3.63, 3.8) is 0 Å². The second-order valence-electron chi connectivity index (χ2n) is 11.9. The molecule has 208 valence electrons. The Bertz CT molecular complexity index is 1350. The number of aryl methyl sites for hydroxylation is 1. The number of fused-ring (bicyclic) bond motifs is 3. The largest absolute Gasteiger partial charge is 0.508 e. The highest BCUT2D eigenvalue weighted by atomic mass is 16.4. The van der Waals surface area contributed by atoms with E-state index in [4.69, 9.17) is 5.11 Å². The van der Waals surface area contributed by atoms with Gasteiger partial charge in [-0.25, -0.2) is 4.79 Å². The van der Waals surface area contributed by atoms with Crippen LogP contribution in [0.2, 0.25) is 0 Å². The van der Waals surface area contributed by atoms with E-state index in [0.29, 0.717) is 17.6 Å². The summed E-state index contributed by atoms with van der Waals surface area (Å²) in [5.74, 6) is -4.62. The highest BCUT2D eigenvalue weighted by molar-refractivity contribution is 6.13. The van der Waals surface area contributed by atoms with Crippen LogP contribution in [-0.2, 0) is 20.0 Å². The zero-order valence-corrected chi connectivity index (χ0v) is 23.2. The number of hydrogen-bond donors (Lipinski definition) is 4. The zero-order chi connectivity index (χ0) is 29.0. The van der Waals surface area contributed by atoms with Crippen molar-refractivity contribution in [1.29, 1.82) is 0 Å². The lowest BCUT2D eigenvalue weighted by Gasteiger charge is -2.37. The summed E-state index contributed by atoms with van der Waals surface area (Å²) in [7, 11) is 0. The molecule has 1 aromatic rings. The number of carboxylic acid groups (broad SMARTS) is 1. The van der Waals surface area contributed by atoms with Crippen molar-refractivity contribution in [3.05, 3.63) is 64.3 Å². The van der Waals surface area contributed by atoms with Crippen LogP contribution in [0.25, 0.3) is 0 Å². The number of carboxylic acids is 1. The van der Waals surface area contributed by atoms with E-state index >= 15 is 0 Å². The van der Waals surface area contributed by atoms with Crippen molar-refractivity contribution in [2.24, 2.45) is 29.6 Å². The van der Waals surface area contributed by atoms with Crippen LogP contribution < -0.4 is 5.32 Å². The minimum atomic E-state index is -1.76. The molecule has 39 heavy (non-hydrogen) atoms. The molecule has 4 N–H and O–H groups in total. The van der Waals surface area contributed by atoms with Crippen LogP contribution in [0.4, 0.5) is 0 Å². The van der Waals surface area contributed by atoms with Crippen molar-refractivity contribution in [3.8, 4) is 5.75 Å². The van der Waals surface area contributed by atoms with E-state index in [-0.39, 0.29) is 58.2 Å². The molecule has 1 spiro atoms. The van der Waals surface area contributed by atoms with E-state index in [9.17, 15) is 29.4 Å². The van der Waals surface area contributed by atoms with Crippen LogP contribution in [0.5, 0.6) is 5.75 Å². The molecule has 0 aromatic heterocycles. The average molecular weight is 536 g/mol. The van der Waals surface area contributed by atoms with Gasteiger partial charge in [-0.1, -0.05) is 45.1 Å². The molecule has 2 fully saturated rings. The van der Waals surface area contributed by atoms with Crippen LogP contribution in [0.1, 0.15) is 68.9 Å². The number of benzene rings is 1. The lowest BCUT2D eigenvalue weighted by Crippen LogP contribution is -2.54. The van der Waals surface area contributed by atoms with E-state index < -0.39 is 34.9 Å². The molecule has 1 aromatic carbocycles. The van der Waals surface area contributed by atoms with Gasteiger partial charge in [-0.05, 0) is 67.9 Å². The molecule has 2 aliphatic carbocycles. The molecule has 1 amide bonds. The molecule has 8 heteroatoms. The third kappa shape index (κ3) is 4.54. The fourth-order valence-corrected chi connectivity index (χ4v) is 6.81. The molecule has 1 heterocycles. The summed E-state index contributed by atoms with van der Waals surface area (Å²) in [6, 6.07) is 2.92. The van der Waals surface area contributed by atoms with E-state index in [1.54, 1.807) is 32.1 Å². The fourth-order valence-electron chi connectivity index (χ4n) is 6.81. The Labute approximate surface area is 228 Å². The number of aliphatic hydroxyl groups is 1. The Morgan fingerprint density at radius 2 is 1.82 bits per heavy atom.